The summed E-state index contributed by atoms with van der Waals surface area (Å²) in [7, 11) is 0. The molecule has 5 heteroatoms. The molecule has 0 spiro atoms. The maximum absolute atomic E-state index is 11.9. The second-order valence-corrected chi connectivity index (χ2v) is 4.86. The lowest BCUT2D eigenvalue weighted by atomic mass is 10.2. The number of hydrogen-bond acceptors (Lipinski definition) is 4. The normalized spacial score (nSPS) is 16.4. The van der Waals surface area contributed by atoms with Gasteiger partial charge in [0.05, 0.1) is 11.7 Å². The van der Waals surface area contributed by atoms with Crippen LogP contribution in [0.15, 0.2) is 24.3 Å². The monoisotopic (exact) mass is 274 g/mol. The second kappa shape index (κ2) is 6.92. The Hall–Kier alpha value is -2.06. The molecule has 20 heavy (non-hydrogen) atoms. The quantitative estimate of drug-likeness (QED) is 0.836. The molecule has 0 bridgehead atoms. The van der Waals surface area contributed by atoms with Crippen molar-refractivity contribution in [3.05, 3.63) is 29.8 Å². The summed E-state index contributed by atoms with van der Waals surface area (Å²) in [5.74, 6) is 0.0585. The fourth-order valence-electron chi connectivity index (χ4n) is 2.14. The first-order valence-corrected chi connectivity index (χ1v) is 6.82. The Bertz CT molecular complexity index is 504. The summed E-state index contributed by atoms with van der Waals surface area (Å²) in [6.45, 7) is 1.63. The third-order valence-corrected chi connectivity index (χ3v) is 3.31. The third kappa shape index (κ3) is 3.72. The minimum absolute atomic E-state index is 0.109. The minimum atomic E-state index is -0.717. The van der Waals surface area contributed by atoms with Crippen LogP contribution in [0.3, 0.4) is 0 Å². The van der Waals surface area contributed by atoms with E-state index in [1.807, 2.05) is 6.07 Å². The fraction of sp³-hybridized carbons (Fsp3) is 0.467. The number of carbonyl (C=O) groups excluding carboxylic acids is 1. The minimum Gasteiger partial charge on any atom is -0.479 e. The van der Waals surface area contributed by atoms with Crippen molar-refractivity contribution in [2.24, 2.45) is 0 Å². The van der Waals surface area contributed by atoms with E-state index in [1.165, 1.54) is 0 Å². The molecule has 5 nitrogen and oxygen atoms in total. The van der Waals surface area contributed by atoms with E-state index in [4.69, 9.17) is 14.8 Å². The van der Waals surface area contributed by atoms with Crippen molar-refractivity contribution in [2.45, 2.75) is 44.8 Å². The van der Waals surface area contributed by atoms with Gasteiger partial charge >= 0.3 is 0 Å². The number of ether oxygens (including phenoxy) is 1. The molecule has 1 aromatic carbocycles. The Morgan fingerprint density at radius 3 is 2.80 bits per heavy atom. The number of hydroxylamine groups is 1. The number of amides is 1. The smallest absolute Gasteiger partial charge is 0.284 e. The highest BCUT2D eigenvalue weighted by Crippen LogP contribution is 2.20. The van der Waals surface area contributed by atoms with Crippen molar-refractivity contribution in [2.75, 3.05) is 0 Å². The van der Waals surface area contributed by atoms with Gasteiger partial charge in [0, 0.05) is 0 Å². The van der Waals surface area contributed by atoms with Crippen LogP contribution in [0, 0.1) is 11.3 Å². The molecule has 1 aromatic rings. The van der Waals surface area contributed by atoms with Crippen LogP contribution >= 0.6 is 0 Å². The predicted molar refractivity (Wildman–Crippen MR) is 72.7 cm³/mol. The third-order valence-electron chi connectivity index (χ3n) is 3.31. The number of benzene rings is 1. The van der Waals surface area contributed by atoms with Gasteiger partial charge in [-0.2, -0.15) is 5.26 Å². The van der Waals surface area contributed by atoms with Gasteiger partial charge in [-0.1, -0.05) is 25.0 Å². The zero-order valence-corrected chi connectivity index (χ0v) is 11.5. The Balaban J connectivity index is 1.85. The van der Waals surface area contributed by atoms with Gasteiger partial charge < -0.3 is 4.74 Å². The highest BCUT2D eigenvalue weighted by molar-refractivity contribution is 5.79. The summed E-state index contributed by atoms with van der Waals surface area (Å²) in [4.78, 5) is 17.2. The molecule has 1 aliphatic carbocycles. The number of rotatable bonds is 5. The first-order chi connectivity index (χ1) is 9.70. The van der Waals surface area contributed by atoms with E-state index in [0.717, 1.165) is 25.7 Å². The summed E-state index contributed by atoms with van der Waals surface area (Å²) in [6, 6.07) is 8.85. The molecule has 1 unspecified atom stereocenters. The molecule has 0 heterocycles. The van der Waals surface area contributed by atoms with Crippen LogP contribution in [-0.4, -0.2) is 18.1 Å². The molecule has 1 atom stereocenters. The number of hydrogen-bond donors (Lipinski definition) is 1. The van der Waals surface area contributed by atoms with Crippen LogP contribution in [-0.2, 0) is 9.63 Å². The first-order valence-electron chi connectivity index (χ1n) is 6.82. The van der Waals surface area contributed by atoms with Crippen LogP contribution in [0.5, 0.6) is 5.75 Å². The predicted octanol–water partition coefficient (Wildman–Crippen LogP) is 2.32. The lowest BCUT2D eigenvalue weighted by molar-refractivity contribution is -0.144. The van der Waals surface area contributed by atoms with Gasteiger partial charge in [-0.3, -0.25) is 9.63 Å². The van der Waals surface area contributed by atoms with Crippen LogP contribution in [0.25, 0.3) is 0 Å². The lowest BCUT2D eigenvalue weighted by Crippen LogP contribution is -2.38. The van der Waals surface area contributed by atoms with Crippen LogP contribution < -0.4 is 10.2 Å². The van der Waals surface area contributed by atoms with E-state index < -0.39 is 6.10 Å². The van der Waals surface area contributed by atoms with Crippen LogP contribution in [0.1, 0.15) is 38.2 Å². The fourth-order valence-corrected chi connectivity index (χ4v) is 2.14. The number of carbonyl (C=O) groups is 1. The zero-order valence-electron chi connectivity index (χ0n) is 11.5. The molecular formula is C15H18N2O3. The van der Waals surface area contributed by atoms with Gasteiger partial charge in [-0.25, -0.2) is 5.48 Å². The summed E-state index contributed by atoms with van der Waals surface area (Å²) in [6.07, 6.45) is 3.63. The Labute approximate surface area is 118 Å². The van der Waals surface area contributed by atoms with E-state index in [0.29, 0.717) is 11.3 Å². The Morgan fingerprint density at radius 1 is 1.40 bits per heavy atom. The molecule has 1 amide bonds. The molecule has 0 aliphatic heterocycles. The molecule has 0 saturated heterocycles. The zero-order chi connectivity index (χ0) is 14.4. The van der Waals surface area contributed by atoms with E-state index in [1.54, 1.807) is 31.2 Å². The standard InChI is InChI=1S/C15H18N2O3/c1-11(15(18)17-20-13-7-3-4-8-13)19-14-9-5-2-6-12(14)10-16/h2,5-6,9,11,13H,3-4,7-8H2,1H3,(H,17,18). The van der Waals surface area contributed by atoms with Crippen molar-refractivity contribution in [1.82, 2.24) is 5.48 Å². The van der Waals surface area contributed by atoms with Gasteiger partial charge in [-0.15, -0.1) is 0 Å². The van der Waals surface area contributed by atoms with E-state index >= 15 is 0 Å². The van der Waals surface area contributed by atoms with Gasteiger partial charge in [0.2, 0.25) is 0 Å². The molecule has 1 aliphatic rings. The number of nitriles is 1. The average Bonchev–Trinajstić information content (AvgIpc) is 2.98. The first kappa shape index (κ1) is 14.4. The molecule has 106 valence electrons. The number of para-hydroxylation sites is 1. The van der Waals surface area contributed by atoms with Crippen molar-refractivity contribution < 1.29 is 14.4 Å². The van der Waals surface area contributed by atoms with Crippen LogP contribution in [0.2, 0.25) is 0 Å². The molecule has 0 radical (unpaired) electrons. The molecule has 1 N–H and O–H groups in total. The molecule has 1 saturated carbocycles. The maximum atomic E-state index is 11.9. The van der Waals surface area contributed by atoms with Crippen LogP contribution in [0.4, 0.5) is 0 Å². The topological polar surface area (TPSA) is 71.3 Å². The molecule has 2 rings (SSSR count). The largest absolute Gasteiger partial charge is 0.479 e. The van der Waals surface area contributed by atoms with E-state index in [9.17, 15) is 4.79 Å². The summed E-state index contributed by atoms with van der Waals surface area (Å²) < 4.78 is 5.50. The SMILES string of the molecule is CC(Oc1ccccc1C#N)C(=O)NOC1CCCC1. The average molecular weight is 274 g/mol. The summed E-state index contributed by atoms with van der Waals surface area (Å²) in [5, 5.41) is 8.96. The second-order valence-electron chi connectivity index (χ2n) is 4.86. The Kier molecular flexibility index (Phi) is 4.97. The van der Waals surface area contributed by atoms with Gasteiger partial charge in [0.25, 0.3) is 5.91 Å². The highest BCUT2D eigenvalue weighted by Gasteiger charge is 2.20. The Morgan fingerprint density at radius 2 is 2.10 bits per heavy atom. The number of nitrogens with zero attached hydrogens (tertiary/aromatic N) is 1. The van der Waals surface area contributed by atoms with E-state index in [-0.39, 0.29) is 12.0 Å². The van der Waals surface area contributed by atoms with Gasteiger partial charge in [0.15, 0.2) is 6.10 Å². The van der Waals surface area contributed by atoms with Crippen molar-refractivity contribution in [3.63, 3.8) is 0 Å². The van der Waals surface area contributed by atoms with Gasteiger partial charge in [0.1, 0.15) is 11.8 Å². The van der Waals surface area contributed by atoms with Crippen molar-refractivity contribution in [1.29, 1.82) is 5.26 Å². The maximum Gasteiger partial charge on any atom is 0.284 e. The van der Waals surface area contributed by atoms with Crippen molar-refractivity contribution in [3.8, 4) is 11.8 Å². The van der Waals surface area contributed by atoms with Crippen molar-refractivity contribution >= 4 is 5.91 Å². The molecule has 0 aromatic heterocycles. The number of nitrogens with one attached hydrogen (secondary N) is 1. The lowest BCUT2D eigenvalue weighted by Gasteiger charge is -2.17. The summed E-state index contributed by atoms with van der Waals surface area (Å²) >= 11 is 0. The summed E-state index contributed by atoms with van der Waals surface area (Å²) in [5.41, 5.74) is 2.84. The van der Waals surface area contributed by atoms with E-state index in [2.05, 4.69) is 5.48 Å². The molecular weight excluding hydrogens is 256 g/mol. The molecule has 1 fully saturated rings. The highest BCUT2D eigenvalue weighted by atomic mass is 16.7. The van der Waals surface area contributed by atoms with Gasteiger partial charge in [-0.05, 0) is 31.9 Å².